The lowest BCUT2D eigenvalue weighted by molar-refractivity contribution is -0.144. The third kappa shape index (κ3) is 2.73. The molecule has 0 spiro atoms. The van der Waals surface area contributed by atoms with Crippen molar-refractivity contribution < 1.29 is 19.1 Å². The third-order valence-electron chi connectivity index (χ3n) is 4.80. The summed E-state index contributed by atoms with van der Waals surface area (Å²) in [5, 5.41) is 2.85. The molecule has 6 heteroatoms. The lowest BCUT2D eigenvalue weighted by Crippen LogP contribution is -2.43. The van der Waals surface area contributed by atoms with Gasteiger partial charge in [-0.15, -0.1) is 0 Å². The van der Waals surface area contributed by atoms with Gasteiger partial charge in [0, 0.05) is 17.7 Å². The summed E-state index contributed by atoms with van der Waals surface area (Å²) < 4.78 is 5.42. The Labute approximate surface area is 150 Å². The van der Waals surface area contributed by atoms with Crippen LogP contribution in [0, 0.1) is 6.92 Å². The Balaban J connectivity index is 1.59. The van der Waals surface area contributed by atoms with Gasteiger partial charge in [0.1, 0.15) is 6.04 Å². The van der Waals surface area contributed by atoms with Crippen LogP contribution in [0.4, 0.5) is 5.69 Å². The van der Waals surface area contributed by atoms with E-state index in [1.54, 1.807) is 24.3 Å². The first-order valence-corrected chi connectivity index (χ1v) is 8.53. The van der Waals surface area contributed by atoms with Crippen LogP contribution in [0.5, 0.6) is 0 Å². The maximum absolute atomic E-state index is 12.8. The van der Waals surface area contributed by atoms with Crippen molar-refractivity contribution in [2.24, 2.45) is 0 Å². The number of likely N-dealkylation sites (tertiary alicyclic amines) is 1. The zero-order valence-electron chi connectivity index (χ0n) is 14.3. The molecule has 4 rings (SSSR count). The van der Waals surface area contributed by atoms with Gasteiger partial charge in [0.2, 0.25) is 18.0 Å². The largest absolute Gasteiger partial charge is 0.433 e. The van der Waals surface area contributed by atoms with Crippen molar-refractivity contribution >= 4 is 23.5 Å². The van der Waals surface area contributed by atoms with Crippen molar-refractivity contribution in [2.45, 2.75) is 32.0 Å². The maximum Gasteiger partial charge on any atom is 0.340 e. The lowest BCUT2D eigenvalue weighted by Gasteiger charge is -2.29. The number of rotatable bonds is 3. The van der Waals surface area contributed by atoms with E-state index >= 15 is 0 Å². The van der Waals surface area contributed by atoms with Gasteiger partial charge in [-0.05, 0) is 31.5 Å². The second-order valence-corrected chi connectivity index (χ2v) is 6.56. The van der Waals surface area contributed by atoms with Crippen LogP contribution in [0.1, 0.15) is 40.6 Å². The minimum Gasteiger partial charge on any atom is -0.433 e. The number of hydrogen-bond acceptors (Lipinski definition) is 4. The first-order valence-electron chi connectivity index (χ1n) is 8.53. The molecule has 2 atom stereocenters. The standard InChI is InChI=1S/C20H18N2O4/c1-12-6-8-13(9-7-12)21-18(24)16-10-11-17(23)22(16)19-14-4-2-3-5-15(14)20(25)26-19/h2-9,16,19H,10-11H2,1H3,(H,21,24)/t16-,19-/m1/s1. The highest BCUT2D eigenvalue weighted by molar-refractivity contribution is 6.00. The zero-order chi connectivity index (χ0) is 18.3. The minimum absolute atomic E-state index is 0.191. The number of hydrogen-bond donors (Lipinski definition) is 1. The molecule has 2 heterocycles. The fourth-order valence-electron chi connectivity index (χ4n) is 3.45. The molecule has 2 aliphatic heterocycles. The van der Waals surface area contributed by atoms with Gasteiger partial charge in [-0.1, -0.05) is 35.9 Å². The number of ether oxygens (including phenoxy) is 1. The van der Waals surface area contributed by atoms with E-state index in [9.17, 15) is 14.4 Å². The van der Waals surface area contributed by atoms with E-state index in [0.717, 1.165) is 5.56 Å². The van der Waals surface area contributed by atoms with Gasteiger partial charge in [-0.3, -0.25) is 14.5 Å². The Kier molecular flexibility index (Phi) is 3.95. The van der Waals surface area contributed by atoms with Crippen LogP contribution in [-0.2, 0) is 14.3 Å². The second kappa shape index (κ2) is 6.29. The number of benzene rings is 2. The highest BCUT2D eigenvalue weighted by atomic mass is 16.6. The molecule has 0 saturated carbocycles. The molecule has 1 N–H and O–H groups in total. The molecule has 0 aliphatic carbocycles. The number of carbonyl (C=O) groups is 3. The van der Waals surface area contributed by atoms with Gasteiger partial charge in [0.25, 0.3) is 0 Å². The van der Waals surface area contributed by atoms with E-state index in [-0.39, 0.29) is 18.2 Å². The number of nitrogens with zero attached hydrogens (tertiary/aromatic N) is 1. The van der Waals surface area contributed by atoms with Gasteiger partial charge >= 0.3 is 5.97 Å². The topological polar surface area (TPSA) is 75.7 Å². The van der Waals surface area contributed by atoms with Crippen molar-refractivity contribution in [3.63, 3.8) is 0 Å². The summed E-state index contributed by atoms with van der Waals surface area (Å²) in [6.45, 7) is 1.97. The second-order valence-electron chi connectivity index (χ2n) is 6.56. The van der Waals surface area contributed by atoms with E-state index in [1.807, 2.05) is 31.2 Å². The Hall–Kier alpha value is -3.15. The number of carbonyl (C=O) groups excluding carboxylic acids is 3. The SMILES string of the molecule is Cc1ccc(NC(=O)[C@H]2CCC(=O)N2[C@@H]2OC(=O)c3ccccc32)cc1. The molecule has 2 aromatic carbocycles. The zero-order valence-corrected chi connectivity index (χ0v) is 14.3. The first-order chi connectivity index (χ1) is 12.5. The van der Waals surface area contributed by atoms with Crippen molar-refractivity contribution in [3.8, 4) is 0 Å². The highest BCUT2D eigenvalue weighted by Crippen LogP contribution is 2.38. The van der Waals surface area contributed by atoms with Crippen LogP contribution in [0.3, 0.4) is 0 Å². The summed E-state index contributed by atoms with van der Waals surface area (Å²) in [6.07, 6.45) is -0.197. The van der Waals surface area contributed by atoms with E-state index in [1.165, 1.54) is 4.90 Å². The maximum atomic E-state index is 12.8. The molecule has 0 unspecified atom stereocenters. The molecular weight excluding hydrogens is 332 g/mol. The summed E-state index contributed by atoms with van der Waals surface area (Å²) in [5.41, 5.74) is 2.83. The van der Waals surface area contributed by atoms with Crippen molar-refractivity contribution in [1.29, 1.82) is 0 Å². The molecule has 0 aromatic heterocycles. The van der Waals surface area contributed by atoms with E-state index in [0.29, 0.717) is 23.2 Å². The van der Waals surface area contributed by atoms with Crippen molar-refractivity contribution in [3.05, 3.63) is 65.2 Å². The molecule has 2 aromatic rings. The quantitative estimate of drug-likeness (QED) is 0.864. The summed E-state index contributed by atoms with van der Waals surface area (Å²) in [6, 6.07) is 13.7. The molecule has 0 bridgehead atoms. The molecule has 26 heavy (non-hydrogen) atoms. The smallest absolute Gasteiger partial charge is 0.340 e. The lowest BCUT2D eigenvalue weighted by atomic mass is 10.1. The summed E-state index contributed by atoms with van der Waals surface area (Å²) in [7, 11) is 0. The molecular formula is C20H18N2O4. The fourth-order valence-corrected chi connectivity index (χ4v) is 3.45. The van der Waals surface area contributed by atoms with E-state index in [2.05, 4.69) is 5.32 Å². The van der Waals surface area contributed by atoms with Crippen LogP contribution in [0.15, 0.2) is 48.5 Å². The Morgan fingerprint density at radius 2 is 1.85 bits per heavy atom. The molecule has 1 saturated heterocycles. The Morgan fingerprint density at radius 3 is 2.62 bits per heavy atom. The molecule has 1 fully saturated rings. The first kappa shape index (κ1) is 16.3. The minimum atomic E-state index is -0.845. The molecule has 2 amide bonds. The number of aryl methyl sites for hydroxylation is 1. The van der Waals surface area contributed by atoms with Gasteiger partial charge in [0.05, 0.1) is 5.56 Å². The van der Waals surface area contributed by atoms with E-state index in [4.69, 9.17) is 4.74 Å². The number of anilines is 1. The van der Waals surface area contributed by atoms with Crippen LogP contribution in [-0.4, -0.2) is 28.7 Å². The Bertz CT molecular complexity index is 891. The summed E-state index contributed by atoms with van der Waals surface area (Å²) in [4.78, 5) is 38.7. The van der Waals surface area contributed by atoms with Crippen LogP contribution < -0.4 is 5.32 Å². The average molecular weight is 350 g/mol. The van der Waals surface area contributed by atoms with Crippen molar-refractivity contribution in [1.82, 2.24) is 4.90 Å². The third-order valence-corrected chi connectivity index (χ3v) is 4.80. The predicted octanol–water partition coefficient (Wildman–Crippen LogP) is 2.79. The average Bonchev–Trinajstić information content (AvgIpc) is 3.17. The predicted molar refractivity (Wildman–Crippen MR) is 94.3 cm³/mol. The molecule has 132 valence electrons. The number of amides is 2. The van der Waals surface area contributed by atoms with Gasteiger partial charge in [0.15, 0.2) is 0 Å². The number of nitrogens with one attached hydrogen (secondary N) is 1. The van der Waals surface area contributed by atoms with Gasteiger partial charge < -0.3 is 10.1 Å². The number of cyclic esters (lactones) is 1. The normalized spacial score (nSPS) is 21.5. The Morgan fingerprint density at radius 1 is 1.12 bits per heavy atom. The fraction of sp³-hybridized carbons (Fsp3) is 0.250. The highest BCUT2D eigenvalue weighted by Gasteiger charge is 2.46. The van der Waals surface area contributed by atoms with Gasteiger partial charge in [-0.2, -0.15) is 0 Å². The monoisotopic (exact) mass is 350 g/mol. The van der Waals surface area contributed by atoms with Crippen molar-refractivity contribution in [2.75, 3.05) is 5.32 Å². The van der Waals surface area contributed by atoms with Crippen LogP contribution in [0.25, 0.3) is 0 Å². The number of fused-ring (bicyclic) bond motifs is 1. The molecule has 6 nitrogen and oxygen atoms in total. The van der Waals surface area contributed by atoms with Crippen LogP contribution >= 0.6 is 0 Å². The number of esters is 1. The summed E-state index contributed by atoms with van der Waals surface area (Å²) >= 11 is 0. The molecule has 0 radical (unpaired) electrons. The molecule has 2 aliphatic rings. The van der Waals surface area contributed by atoms with E-state index < -0.39 is 18.2 Å². The van der Waals surface area contributed by atoms with Gasteiger partial charge in [-0.25, -0.2) is 4.79 Å². The summed E-state index contributed by atoms with van der Waals surface area (Å²) in [5.74, 6) is -0.938. The van der Waals surface area contributed by atoms with Crippen LogP contribution in [0.2, 0.25) is 0 Å².